The molecule has 0 radical (unpaired) electrons. The maximum absolute atomic E-state index is 9.52. The van der Waals surface area contributed by atoms with Crippen LogP contribution in [0, 0.1) is 0 Å². The van der Waals surface area contributed by atoms with Crippen LogP contribution in [0.15, 0.2) is 0 Å². The first-order valence-electron chi connectivity index (χ1n) is 4.76. The molecule has 4 heteroatoms. The van der Waals surface area contributed by atoms with Crippen molar-refractivity contribution in [1.29, 1.82) is 0 Å². The van der Waals surface area contributed by atoms with E-state index in [-0.39, 0.29) is 13.0 Å². The van der Waals surface area contributed by atoms with E-state index in [1.807, 2.05) is 0 Å². The van der Waals surface area contributed by atoms with E-state index in [0.717, 1.165) is 0 Å². The van der Waals surface area contributed by atoms with E-state index in [2.05, 4.69) is 25.7 Å². The molecule has 0 amide bonds. The van der Waals surface area contributed by atoms with E-state index >= 15 is 0 Å². The van der Waals surface area contributed by atoms with Crippen LogP contribution in [-0.4, -0.2) is 42.2 Å². The summed E-state index contributed by atoms with van der Waals surface area (Å²) in [5.74, 6) is -0.836. The third-order valence-electron chi connectivity index (χ3n) is 1.70. The SMILES string of the molecule is CCN(CC)CC.NCCC(=O)O. The molecule has 80 valence electrons. The Morgan fingerprint density at radius 3 is 1.62 bits per heavy atom. The predicted octanol–water partition coefficient (Wildman–Crippen LogP) is 0.768. The molecule has 0 spiro atoms. The van der Waals surface area contributed by atoms with Crippen molar-refractivity contribution >= 4 is 5.97 Å². The van der Waals surface area contributed by atoms with E-state index in [4.69, 9.17) is 10.8 Å². The van der Waals surface area contributed by atoms with Crippen molar-refractivity contribution in [3.05, 3.63) is 0 Å². The van der Waals surface area contributed by atoms with Crippen molar-refractivity contribution in [3.63, 3.8) is 0 Å². The van der Waals surface area contributed by atoms with Gasteiger partial charge >= 0.3 is 5.97 Å². The van der Waals surface area contributed by atoms with Crippen LogP contribution in [0.1, 0.15) is 27.2 Å². The van der Waals surface area contributed by atoms with Gasteiger partial charge in [-0.05, 0) is 19.6 Å². The van der Waals surface area contributed by atoms with Gasteiger partial charge in [0.05, 0.1) is 6.42 Å². The van der Waals surface area contributed by atoms with Crippen molar-refractivity contribution in [2.24, 2.45) is 5.73 Å². The average molecular weight is 190 g/mol. The molecule has 0 atom stereocenters. The Labute approximate surface area is 80.7 Å². The number of rotatable bonds is 5. The molecule has 0 saturated heterocycles. The molecule has 0 aliphatic carbocycles. The van der Waals surface area contributed by atoms with E-state index < -0.39 is 5.97 Å². The number of hydrogen-bond acceptors (Lipinski definition) is 3. The highest BCUT2D eigenvalue weighted by molar-refractivity contribution is 5.66. The molecule has 13 heavy (non-hydrogen) atoms. The molecule has 0 aromatic rings. The van der Waals surface area contributed by atoms with Gasteiger partial charge in [0.25, 0.3) is 0 Å². The lowest BCUT2D eigenvalue weighted by atomic mass is 10.5. The van der Waals surface area contributed by atoms with Gasteiger partial charge in [0.1, 0.15) is 0 Å². The summed E-state index contributed by atoms with van der Waals surface area (Å²) in [6.07, 6.45) is 0.0694. The fourth-order valence-electron chi connectivity index (χ4n) is 0.794. The van der Waals surface area contributed by atoms with Crippen molar-refractivity contribution in [3.8, 4) is 0 Å². The number of aliphatic carboxylic acids is 1. The topological polar surface area (TPSA) is 66.6 Å². The average Bonchev–Trinajstić information content (AvgIpc) is 2.08. The summed E-state index contributed by atoms with van der Waals surface area (Å²) < 4.78 is 0. The molecule has 4 nitrogen and oxygen atoms in total. The quantitative estimate of drug-likeness (QED) is 0.672. The van der Waals surface area contributed by atoms with Gasteiger partial charge in [-0.25, -0.2) is 0 Å². The van der Waals surface area contributed by atoms with Gasteiger partial charge in [0.2, 0.25) is 0 Å². The number of nitrogens with two attached hydrogens (primary N) is 1. The summed E-state index contributed by atoms with van der Waals surface area (Å²) >= 11 is 0. The predicted molar refractivity (Wildman–Crippen MR) is 54.8 cm³/mol. The first-order valence-corrected chi connectivity index (χ1v) is 4.76. The number of hydrogen-bond donors (Lipinski definition) is 2. The molecule has 0 saturated carbocycles. The van der Waals surface area contributed by atoms with E-state index in [9.17, 15) is 4.79 Å². The number of carbonyl (C=O) groups is 1. The largest absolute Gasteiger partial charge is 0.481 e. The van der Waals surface area contributed by atoms with Gasteiger partial charge < -0.3 is 15.7 Å². The lowest BCUT2D eigenvalue weighted by molar-refractivity contribution is -0.136. The van der Waals surface area contributed by atoms with Gasteiger partial charge in [0, 0.05) is 6.54 Å². The van der Waals surface area contributed by atoms with Crippen LogP contribution in [0.3, 0.4) is 0 Å². The number of carboxylic acid groups (broad SMARTS) is 1. The van der Waals surface area contributed by atoms with Crippen LogP contribution in [0.4, 0.5) is 0 Å². The monoisotopic (exact) mass is 190 g/mol. The minimum absolute atomic E-state index is 0.0694. The summed E-state index contributed by atoms with van der Waals surface area (Å²) in [4.78, 5) is 11.9. The number of nitrogens with zero attached hydrogens (tertiary/aromatic N) is 1. The zero-order valence-corrected chi connectivity index (χ0v) is 8.92. The Morgan fingerprint density at radius 1 is 1.23 bits per heavy atom. The van der Waals surface area contributed by atoms with Crippen LogP contribution in [0.25, 0.3) is 0 Å². The van der Waals surface area contributed by atoms with Crippen LogP contribution in [0.2, 0.25) is 0 Å². The number of carboxylic acids is 1. The lowest BCUT2D eigenvalue weighted by Crippen LogP contribution is -2.21. The maximum atomic E-state index is 9.52. The van der Waals surface area contributed by atoms with Gasteiger partial charge in [-0.2, -0.15) is 0 Å². The molecule has 0 rings (SSSR count). The first kappa shape index (κ1) is 14.9. The molecule has 0 fully saturated rings. The molecule has 3 N–H and O–H groups in total. The lowest BCUT2D eigenvalue weighted by Gasteiger charge is -2.13. The Kier molecular flexibility index (Phi) is 13.0. The molecule has 0 bridgehead atoms. The zero-order valence-electron chi connectivity index (χ0n) is 8.92. The Morgan fingerprint density at radius 2 is 1.62 bits per heavy atom. The Bertz CT molecular complexity index is 109. The summed E-state index contributed by atoms with van der Waals surface area (Å²) in [6.45, 7) is 10.4. The maximum Gasteiger partial charge on any atom is 0.304 e. The summed E-state index contributed by atoms with van der Waals surface area (Å²) in [5.41, 5.74) is 4.85. The fraction of sp³-hybridized carbons (Fsp3) is 0.889. The van der Waals surface area contributed by atoms with Gasteiger partial charge in [-0.3, -0.25) is 4.79 Å². The van der Waals surface area contributed by atoms with Gasteiger partial charge in [-0.1, -0.05) is 20.8 Å². The second-order valence-corrected chi connectivity index (χ2v) is 2.55. The van der Waals surface area contributed by atoms with Crippen molar-refractivity contribution in [2.75, 3.05) is 26.2 Å². The van der Waals surface area contributed by atoms with Crippen molar-refractivity contribution in [2.45, 2.75) is 27.2 Å². The molecule has 0 aromatic carbocycles. The zero-order chi connectivity index (χ0) is 10.7. The van der Waals surface area contributed by atoms with Crippen LogP contribution < -0.4 is 5.73 Å². The Hall–Kier alpha value is -0.610. The fourth-order valence-corrected chi connectivity index (χ4v) is 0.794. The third kappa shape index (κ3) is 14.3. The molecular formula is C9H22N2O2. The van der Waals surface area contributed by atoms with Gasteiger partial charge in [0.15, 0.2) is 0 Å². The molecule has 0 unspecified atom stereocenters. The van der Waals surface area contributed by atoms with E-state index in [0.29, 0.717) is 0 Å². The van der Waals surface area contributed by atoms with E-state index in [1.54, 1.807) is 0 Å². The molecular weight excluding hydrogens is 168 g/mol. The van der Waals surface area contributed by atoms with Crippen molar-refractivity contribution in [1.82, 2.24) is 4.90 Å². The molecule has 0 aromatic heterocycles. The minimum Gasteiger partial charge on any atom is -0.481 e. The van der Waals surface area contributed by atoms with Gasteiger partial charge in [-0.15, -0.1) is 0 Å². The molecule has 0 aliphatic heterocycles. The highest BCUT2D eigenvalue weighted by Crippen LogP contribution is 1.81. The summed E-state index contributed by atoms with van der Waals surface area (Å²) in [7, 11) is 0. The van der Waals surface area contributed by atoms with Crippen LogP contribution in [-0.2, 0) is 4.79 Å². The second kappa shape index (κ2) is 11.4. The van der Waals surface area contributed by atoms with Crippen LogP contribution in [0.5, 0.6) is 0 Å². The highest BCUT2D eigenvalue weighted by Gasteiger charge is 1.89. The smallest absolute Gasteiger partial charge is 0.304 e. The highest BCUT2D eigenvalue weighted by atomic mass is 16.4. The summed E-state index contributed by atoms with van der Waals surface area (Å²) in [6, 6.07) is 0. The van der Waals surface area contributed by atoms with E-state index in [1.165, 1.54) is 19.6 Å². The first-order chi connectivity index (χ1) is 6.12. The standard InChI is InChI=1S/C6H15N.C3H7NO2/c1-4-7(5-2)6-3;4-2-1-3(5)6/h4-6H2,1-3H3;1-2,4H2,(H,5,6). The van der Waals surface area contributed by atoms with Crippen LogP contribution >= 0.6 is 0 Å². The Balaban J connectivity index is 0. The minimum atomic E-state index is -0.836. The molecule has 0 aliphatic rings. The third-order valence-corrected chi connectivity index (χ3v) is 1.70. The molecule has 0 heterocycles. The second-order valence-electron chi connectivity index (χ2n) is 2.55. The normalized spacial score (nSPS) is 9.31. The van der Waals surface area contributed by atoms with Crippen molar-refractivity contribution < 1.29 is 9.90 Å². The summed E-state index contributed by atoms with van der Waals surface area (Å²) in [5, 5.41) is 7.83.